The van der Waals surface area contributed by atoms with Crippen LogP contribution >= 0.6 is 11.3 Å². The van der Waals surface area contributed by atoms with Crippen molar-refractivity contribution in [3.8, 4) is 0 Å². The predicted octanol–water partition coefficient (Wildman–Crippen LogP) is 5.25. The molecular formula is C22H23F2N3OS. The van der Waals surface area contributed by atoms with Crippen molar-refractivity contribution in [3.63, 3.8) is 0 Å². The summed E-state index contributed by atoms with van der Waals surface area (Å²) in [6, 6.07) is 7.85. The molecule has 0 saturated heterocycles. The quantitative estimate of drug-likeness (QED) is 0.552. The molecule has 1 aromatic carbocycles. The van der Waals surface area contributed by atoms with Gasteiger partial charge in [-0.1, -0.05) is 31.4 Å². The van der Waals surface area contributed by atoms with Crippen LogP contribution in [0.15, 0.2) is 48.1 Å². The van der Waals surface area contributed by atoms with Gasteiger partial charge in [0.1, 0.15) is 5.82 Å². The standard InChI is InChI=1S/C22H23F2N3OS/c23-18-9-8-16(13-19(18)24)14-26-11-10-25-21(26)15-27(17-5-2-1-3-6-17)22(28)20-7-4-12-29-20/h4,7-13,17H,1-3,5-6,14-15H2. The van der Waals surface area contributed by atoms with E-state index in [-0.39, 0.29) is 11.9 Å². The van der Waals surface area contributed by atoms with Crippen LogP contribution in [0.2, 0.25) is 0 Å². The molecule has 29 heavy (non-hydrogen) atoms. The van der Waals surface area contributed by atoms with Crippen molar-refractivity contribution in [1.29, 1.82) is 0 Å². The Morgan fingerprint density at radius 2 is 2.00 bits per heavy atom. The van der Waals surface area contributed by atoms with Crippen molar-refractivity contribution >= 4 is 17.2 Å². The number of nitrogens with zero attached hydrogens (tertiary/aromatic N) is 3. The summed E-state index contributed by atoms with van der Waals surface area (Å²) < 4.78 is 28.7. The van der Waals surface area contributed by atoms with E-state index >= 15 is 0 Å². The molecule has 3 aromatic rings. The maximum atomic E-state index is 13.6. The summed E-state index contributed by atoms with van der Waals surface area (Å²) in [5.74, 6) is -0.940. The molecule has 0 unspecified atom stereocenters. The zero-order valence-electron chi connectivity index (χ0n) is 16.1. The Balaban J connectivity index is 1.57. The van der Waals surface area contributed by atoms with E-state index in [1.165, 1.54) is 23.8 Å². The summed E-state index contributed by atoms with van der Waals surface area (Å²) in [6.45, 7) is 0.774. The van der Waals surface area contributed by atoms with Gasteiger partial charge in [0.2, 0.25) is 0 Å². The lowest BCUT2D eigenvalue weighted by atomic mass is 9.94. The first kappa shape index (κ1) is 19.8. The van der Waals surface area contributed by atoms with Gasteiger partial charge in [0, 0.05) is 25.0 Å². The topological polar surface area (TPSA) is 38.1 Å². The predicted molar refractivity (Wildman–Crippen MR) is 109 cm³/mol. The van der Waals surface area contributed by atoms with Crippen molar-refractivity contribution in [3.05, 3.63) is 76.0 Å². The third-order valence-corrected chi connectivity index (χ3v) is 6.32. The Morgan fingerprint density at radius 1 is 1.17 bits per heavy atom. The maximum Gasteiger partial charge on any atom is 0.264 e. The minimum Gasteiger partial charge on any atom is -0.329 e. The fourth-order valence-electron chi connectivity index (χ4n) is 3.92. The van der Waals surface area contributed by atoms with Gasteiger partial charge in [0.05, 0.1) is 11.4 Å². The number of hydrogen-bond donors (Lipinski definition) is 0. The second-order valence-corrected chi connectivity index (χ2v) is 8.37. The van der Waals surface area contributed by atoms with Crippen molar-refractivity contribution < 1.29 is 13.6 Å². The molecule has 1 aliphatic carbocycles. The van der Waals surface area contributed by atoms with E-state index in [4.69, 9.17) is 0 Å². The summed E-state index contributed by atoms with van der Waals surface area (Å²) in [5, 5.41) is 1.91. The molecule has 0 N–H and O–H groups in total. The van der Waals surface area contributed by atoms with Gasteiger partial charge in [-0.3, -0.25) is 4.79 Å². The molecule has 152 valence electrons. The number of hydrogen-bond acceptors (Lipinski definition) is 3. The van der Waals surface area contributed by atoms with Gasteiger partial charge < -0.3 is 9.47 Å². The first-order valence-electron chi connectivity index (χ1n) is 9.90. The molecule has 1 saturated carbocycles. The Hall–Kier alpha value is -2.54. The van der Waals surface area contributed by atoms with Crippen molar-refractivity contribution in [1.82, 2.24) is 14.5 Å². The van der Waals surface area contributed by atoms with Gasteiger partial charge in [-0.05, 0) is 42.0 Å². The van der Waals surface area contributed by atoms with Crippen LogP contribution in [0.25, 0.3) is 0 Å². The molecule has 0 spiro atoms. The molecule has 0 aliphatic heterocycles. The number of carbonyl (C=O) groups excluding carboxylic acids is 1. The Kier molecular flexibility index (Phi) is 6.04. The van der Waals surface area contributed by atoms with Crippen molar-refractivity contribution in [2.24, 2.45) is 0 Å². The van der Waals surface area contributed by atoms with Crippen LogP contribution in [0.5, 0.6) is 0 Å². The minimum atomic E-state index is -0.860. The van der Waals surface area contributed by atoms with Crippen LogP contribution < -0.4 is 0 Å². The SMILES string of the molecule is O=C(c1cccs1)N(Cc1nccn1Cc1ccc(F)c(F)c1)C1CCCCC1. The molecule has 2 aromatic heterocycles. The first-order valence-corrected chi connectivity index (χ1v) is 10.8. The second-order valence-electron chi connectivity index (χ2n) is 7.42. The highest BCUT2D eigenvalue weighted by Crippen LogP contribution is 2.26. The van der Waals surface area contributed by atoms with E-state index in [0.717, 1.165) is 42.5 Å². The minimum absolute atomic E-state index is 0.0364. The van der Waals surface area contributed by atoms with E-state index in [2.05, 4.69) is 4.98 Å². The molecule has 0 bridgehead atoms. The fraction of sp³-hybridized carbons (Fsp3) is 0.364. The van der Waals surface area contributed by atoms with Crippen LogP contribution in [0.3, 0.4) is 0 Å². The zero-order valence-corrected chi connectivity index (χ0v) is 16.9. The number of rotatable bonds is 6. The molecule has 4 nitrogen and oxygen atoms in total. The largest absolute Gasteiger partial charge is 0.329 e. The fourth-order valence-corrected chi connectivity index (χ4v) is 4.60. The smallest absolute Gasteiger partial charge is 0.264 e. The monoisotopic (exact) mass is 415 g/mol. The van der Waals surface area contributed by atoms with Gasteiger partial charge in [0.25, 0.3) is 5.91 Å². The van der Waals surface area contributed by atoms with Gasteiger partial charge in [-0.2, -0.15) is 0 Å². The van der Waals surface area contributed by atoms with E-state index in [0.29, 0.717) is 18.7 Å². The lowest BCUT2D eigenvalue weighted by Gasteiger charge is -2.34. The molecule has 4 rings (SSSR count). The maximum absolute atomic E-state index is 13.6. The highest BCUT2D eigenvalue weighted by molar-refractivity contribution is 7.12. The number of halogens is 2. The highest BCUT2D eigenvalue weighted by Gasteiger charge is 2.28. The number of amides is 1. The van der Waals surface area contributed by atoms with E-state index < -0.39 is 11.6 Å². The Labute approximate surface area is 172 Å². The van der Waals surface area contributed by atoms with Crippen molar-refractivity contribution in [2.45, 2.75) is 51.2 Å². The molecule has 0 radical (unpaired) electrons. The molecule has 0 atom stereocenters. The van der Waals surface area contributed by atoms with Crippen LogP contribution in [-0.4, -0.2) is 26.4 Å². The molecule has 7 heteroatoms. The number of aromatic nitrogens is 2. The summed E-state index contributed by atoms with van der Waals surface area (Å²) in [7, 11) is 0. The normalized spacial score (nSPS) is 14.8. The Bertz CT molecular complexity index is 964. The average Bonchev–Trinajstić information content (AvgIpc) is 3.41. The molecule has 1 fully saturated rings. The summed E-state index contributed by atoms with van der Waals surface area (Å²) in [6.07, 6.45) is 8.96. The Morgan fingerprint density at radius 3 is 2.72 bits per heavy atom. The lowest BCUT2D eigenvalue weighted by molar-refractivity contribution is 0.0610. The summed E-state index contributed by atoms with van der Waals surface area (Å²) in [4.78, 5) is 20.3. The molecule has 1 aliphatic rings. The molecular weight excluding hydrogens is 392 g/mol. The third kappa shape index (κ3) is 4.56. The van der Waals surface area contributed by atoms with Crippen LogP contribution in [0, 0.1) is 11.6 Å². The van der Waals surface area contributed by atoms with Gasteiger partial charge >= 0.3 is 0 Å². The van der Waals surface area contributed by atoms with Gasteiger partial charge in [-0.25, -0.2) is 13.8 Å². The number of carbonyl (C=O) groups is 1. The zero-order chi connectivity index (χ0) is 20.2. The van der Waals surface area contributed by atoms with Crippen LogP contribution in [0.1, 0.15) is 53.2 Å². The van der Waals surface area contributed by atoms with Crippen molar-refractivity contribution in [2.75, 3.05) is 0 Å². The lowest BCUT2D eigenvalue weighted by Crippen LogP contribution is -2.41. The van der Waals surface area contributed by atoms with E-state index in [1.807, 2.05) is 33.2 Å². The van der Waals surface area contributed by atoms with Gasteiger partial charge in [-0.15, -0.1) is 11.3 Å². The molecule has 2 heterocycles. The first-order chi connectivity index (χ1) is 14.1. The van der Waals surface area contributed by atoms with E-state index in [1.54, 1.807) is 12.3 Å². The third-order valence-electron chi connectivity index (χ3n) is 5.46. The number of benzene rings is 1. The second kappa shape index (κ2) is 8.86. The van der Waals surface area contributed by atoms with Crippen LogP contribution in [-0.2, 0) is 13.1 Å². The molecule has 1 amide bonds. The van der Waals surface area contributed by atoms with Gasteiger partial charge in [0.15, 0.2) is 11.6 Å². The average molecular weight is 416 g/mol. The highest BCUT2D eigenvalue weighted by atomic mass is 32.1. The number of thiophene rings is 1. The summed E-state index contributed by atoms with van der Waals surface area (Å²) in [5.41, 5.74) is 0.650. The number of imidazole rings is 1. The van der Waals surface area contributed by atoms with E-state index in [9.17, 15) is 13.6 Å². The van der Waals surface area contributed by atoms with Crippen LogP contribution in [0.4, 0.5) is 8.78 Å². The summed E-state index contributed by atoms with van der Waals surface area (Å²) >= 11 is 1.45.